The van der Waals surface area contributed by atoms with Crippen LogP contribution < -0.4 is 22.1 Å². The van der Waals surface area contributed by atoms with Crippen LogP contribution >= 0.6 is 22.9 Å². The first-order valence-corrected chi connectivity index (χ1v) is 10.0. The zero-order valence-electron chi connectivity index (χ0n) is 16.0. The minimum absolute atomic E-state index is 0.142. The summed E-state index contributed by atoms with van der Waals surface area (Å²) in [5.74, 6) is -1.34. The molecule has 0 aliphatic heterocycles. The van der Waals surface area contributed by atoms with Gasteiger partial charge in [0.2, 0.25) is 0 Å². The number of amides is 3. The van der Waals surface area contributed by atoms with E-state index in [-0.39, 0.29) is 16.5 Å². The molecule has 10 heteroatoms. The van der Waals surface area contributed by atoms with E-state index >= 15 is 0 Å². The van der Waals surface area contributed by atoms with Crippen molar-refractivity contribution in [3.05, 3.63) is 40.4 Å². The lowest BCUT2D eigenvalue weighted by molar-refractivity contribution is -0.140. The Bertz CT molecular complexity index is 929. The maximum atomic E-state index is 11.6. The maximum Gasteiger partial charge on any atom is 0.320 e. The number of aliphatic carboxylic acids is 1. The predicted molar refractivity (Wildman–Crippen MR) is 114 cm³/mol. The largest absolute Gasteiger partial charge is 0.480 e. The molecule has 0 saturated heterocycles. The van der Waals surface area contributed by atoms with Crippen LogP contribution in [0.1, 0.15) is 36.2 Å². The zero-order chi connectivity index (χ0) is 21.7. The van der Waals surface area contributed by atoms with Gasteiger partial charge in [-0.1, -0.05) is 37.6 Å². The average Bonchev–Trinajstić information content (AvgIpc) is 3.01. The second kappa shape index (κ2) is 9.73. The molecule has 3 amide bonds. The number of nitrogens with one attached hydrogen (secondary N) is 2. The van der Waals surface area contributed by atoms with Gasteiger partial charge in [-0.05, 0) is 30.0 Å². The van der Waals surface area contributed by atoms with Gasteiger partial charge < -0.3 is 21.9 Å². The second-order valence-electron chi connectivity index (χ2n) is 6.92. The van der Waals surface area contributed by atoms with Crippen molar-refractivity contribution in [2.24, 2.45) is 17.4 Å². The first kappa shape index (κ1) is 22.7. The van der Waals surface area contributed by atoms with Crippen molar-refractivity contribution in [1.29, 1.82) is 0 Å². The zero-order valence-corrected chi connectivity index (χ0v) is 17.6. The number of anilines is 1. The Morgan fingerprint density at radius 2 is 1.90 bits per heavy atom. The van der Waals surface area contributed by atoms with Crippen molar-refractivity contribution < 1.29 is 19.5 Å². The summed E-state index contributed by atoms with van der Waals surface area (Å²) in [7, 11) is 0. The number of urea groups is 1. The number of benzene rings is 1. The molecule has 0 unspecified atom stereocenters. The fraction of sp³-hybridized carbons (Fsp3) is 0.316. The SMILES string of the molecule is CC(C)C[C@@H](NCc1ccc(-c2cc(C(N)=O)c(NC(N)=O)s2)c(Cl)c1)C(=O)O. The number of carboxylic acid groups (broad SMARTS) is 1. The average molecular weight is 439 g/mol. The third-order valence-corrected chi connectivity index (χ3v) is 5.49. The molecule has 0 bridgehead atoms. The number of hydrogen-bond acceptors (Lipinski definition) is 5. The summed E-state index contributed by atoms with van der Waals surface area (Å²) >= 11 is 7.54. The summed E-state index contributed by atoms with van der Waals surface area (Å²) in [5, 5.41) is 15.4. The Labute approximate surface area is 177 Å². The van der Waals surface area contributed by atoms with Gasteiger partial charge in [-0.3, -0.25) is 14.9 Å². The molecule has 0 fully saturated rings. The highest BCUT2D eigenvalue weighted by Crippen LogP contribution is 2.38. The first-order valence-electron chi connectivity index (χ1n) is 8.83. The lowest BCUT2D eigenvalue weighted by Gasteiger charge is -2.16. The van der Waals surface area contributed by atoms with Crippen molar-refractivity contribution in [3.63, 3.8) is 0 Å². The number of primary amides is 2. The number of nitrogens with two attached hydrogens (primary N) is 2. The van der Waals surface area contributed by atoms with Gasteiger partial charge in [-0.15, -0.1) is 11.3 Å². The summed E-state index contributed by atoms with van der Waals surface area (Å²) in [5.41, 5.74) is 12.1. The van der Waals surface area contributed by atoms with E-state index in [1.807, 2.05) is 19.9 Å². The van der Waals surface area contributed by atoms with Gasteiger partial charge in [0.1, 0.15) is 11.0 Å². The van der Waals surface area contributed by atoms with Crippen LogP contribution in [0.2, 0.25) is 5.02 Å². The molecule has 2 aromatic rings. The van der Waals surface area contributed by atoms with E-state index in [0.29, 0.717) is 28.4 Å². The molecule has 2 rings (SSSR count). The summed E-state index contributed by atoms with van der Waals surface area (Å²) in [6.07, 6.45) is 0.516. The van der Waals surface area contributed by atoms with Gasteiger partial charge >= 0.3 is 12.0 Å². The fourth-order valence-electron chi connectivity index (χ4n) is 2.76. The maximum absolute atomic E-state index is 11.6. The van der Waals surface area contributed by atoms with Crippen LogP contribution in [0.5, 0.6) is 0 Å². The topological polar surface area (TPSA) is 148 Å². The highest BCUT2D eigenvalue weighted by Gasteiger charge is 2.19. The number of rotatable bonds is 9. The van der Waals surface area contributed by atoms with Gasteiger partial charge in [-0.25, -0.2) is 4.79 Å². The third-order valence-electron chi connectivity index (χ3n) is 4.09. The van der Waals surface area contributed by atoms with E-state index in [9.17, 15) is 19.5 Å². The molecule has 0 radical (unpaired) electrons. The smallest absolute Gasteiger partial charge is 0.320 e. The number of carbonyl (C=O) groups is 3. The standard InChI is InChI=1S/C19H23ClN4O4S/c1-9(2)5-14(18(26)27)23-8-10-3-4-11(13(20)6-10)15-7-12(16(21)25)17(29-15)24-19(22)28/h3-4,6-7,9,14,23H,5,8H2,1-2H3,(H2,21,25)(H,26,27)(H3,22,24,28)/t14-/m1/s1. The molecule has 29 heavy (non-hydrogen) atoms. The number of carbonyl (C=O) groups excluding carboxylic acids is 2. The van der Waals surface area contributed by atoms with Gasteiger partial charge in [0, 0.05) is 22.0 Å². The van der Waals surface area contributed by atoms with Crippen LogP contribution in [0.3, 0.4) is 0 Å². The van der Waals surface area contributed by atoms with Gasteiger partial charge in [0.05, 0.1) is 5.56 Å². The lowest BCUT2D eigenvalue weighted by Crippen LogP contribution is -2.37. The van der Waals surface area contributed by atoms with Crippen molar-refractivity contribution in [2.75, 3.05) is 5.32 Å². The van der Waals surface area contributed by atoms with Crippen LogP contribution in [0.25, 0.3) is 10.4 Å². The number of carboxylic acids is 1. The Balaban J connectivity index is 2.22. The van der Waals surface area contributed by atoms with E-state index in [1.54, 1.807) is 18.2 Å². The summed E-state index contributed by atoms with van der Waals surface area (Å²) in [6.45, 7) is 4.27. The molecule has 8 nitrogen and oxygen atoms in total. The number of halogens is 1. The van der Waals surface area contributed by atoms with Crippen LogP contribution in [0, 0.1) is 5.92 Å². The highest BCUT2D eigenvalue weighted by molar-refractivity contribution is 7.20. The Morgan fingerprint density at radius 1 is 1.21 bits per heavy atom. The van der Waals surface area contributed by atoms with E-state index in [0.717, 1.165) is 16.9 Å². The second-order valence-corrected chi connectivity index (χ2v) is 8.38. The lowest BCUT2D eigenvalue weighted by atomic mass is 10.0. The molecule has 0 aliphatic rings. The minimum Gasteiger partial charge on any atom is -0.480 e. The number of thiophene rings is 1. The molecule has 1 aromatic carbocycles. The monoisotopic (exact) mass is 438 g/mol. The van der Waals surface area contributed by atoms with Crippen LogP contribution in [0.4, 0.5) is 9.80 Å². The van der Waals surface area contributed by atoms with E-state index in [4.69, 9.17) is 23.1 Å². The fourth-order valence-corrected chi connectivity index (χ4v) is 4.23. The molecular weight excluding hydrogens is 416 g/mol. The Kier molecular flexibility index (Phi) is 7.60. The first-order chi connectivity index (χ1) is 13.6. The van der Waals surface area contributed by atoms with Crippen LogP contribution in [-0.2, 0) is 11.3 Å². The van der Waals surface area contributed by atoms with E-state index in [1.165, 1.54) is 0 Å². The van der Waals surface area contributed by atoms with Gasteiger partial charge in [0.15, 0.2) is 0 Å². The van der Waals surface area contributed by atoms with Gasteiger partial charge in [0.25, 0.3) is 5.91 Å². The molecule has 0 saturated carbocycles. The van der Waals surface area contributed by atoms with Crippen molar-refractivity contribution in [3.8, 4) is 10.4 Å². The van der Waals surface area contributed by atoms with Crippen molar-refractivity contribution in [2.45, 2.75) is 32.9 Å². The number of hydrogen-bond donors (Lipinski definition) is 5. The van der Waals surface area contributed by atoms with Crippen LogP contribution in [-0.4, -0.2) is 29.1 Å². The van der Waals surface area contributed by atoms with Crippen molar-refractivity contribution >= 4 is 45.8 Å². The molecule has 1 heterocycles. The quantitative estimate of drug-likeness (QED) is 0.407. The van der Waals surface area contributed by atoms with E-state index in [2.05, 4.69) is 10.6 Å². The summed E-state index contributed by atoms with van der Waals surface area (Å²) in [6, 6.07) is 5.40. The Hall–Kier alpha value is -2.62. The summed E-state index contributed by atoms with van der Waals surface area (Å²) < 4.78 is 0. The molecule has 0 aliphatic carbocycles. The molecule has 156 valence electrons. The van der Waals surface area contributed by atoms with Crippen molar-refractivity contribution in [1.82, 2.24) is 5.32 Å². The summed E-state index contributed by atoms with van der Waals surface area (Å²) in [4.78, 5) is 34.7. The third kappa shape index (κ3) is 6.18. The molecular formula is C19H23ClN4O4S. The van der Waals surface area contributed by atoms with Crippen LogP contribution in [0.15, 0.2) is 24.3 Å². The normalized spacial score (nSPS) is 12.0. The predicted octanol–water partition coefficient (Wildman–Crippen LogP) is 3.25. The minimum atomic E-state index is -0.895. The molecule has 1 aromatic heterocycles. The molecule has 1 atom stereocenters. The highest BCUT2D eigenvalue weighted by atomic mass is 35.5. The molecule has 7 N–H and O–H groups in total. The Morgan fingerprint density at radius 3 is 2.41 bits per heavy atom. The molecule has 0 spiro atoms. The van der Waals surface area contributed by atoms with Gasteiger partial charge in [-0.2, -0.15) is 0 Å². The van der Waals surface area contributed by atoms with E-state index < -0.39 is 23.9 Å².